The van der Waals surface area contributed by atoms with Crippen LogP contribution in [0.2, 0.25) is 5.02 Å². The summed E-state index contributed by atoms with van der Waals surface area (Å²) in [6.45, 7) is 0.355. The first-order valence-electron chi connectivity index (χ1n) is 5.98. The van der Waals surface area contributed by atoms with E-state index in [1.807, 2.05) is 0 Å². The quantitative estimate of drug-likeness (QED) is 0.842. The van der Waals surface area contributed by atoms with Crippen LogP contribution in [-0.2, 0) is 11.3 Å². The number of nitrogens with zero attached hydrogens (tertiary/aromatic N) is 1. The van der Waals surface area contributed by atoms with E-state index in [9.17, 15) is 9.59 Å². The van der Waals surface area contributed by atoms with Crippen LogP contribution in [0, 0.1) is 0 Å². The van der Waals surface area contributed by atoms with Crippen LogP contribution in [0.4, 0.5) is 4.79 Å². The predicted octanol–water partition coefficient (Wildman–Crippen LogP) is 0.795. The first kappa shape index (κ1) is 13.0. The molecular formula is C12H12ClN3O4. The van der Waals surface area contributed by atoms with E-state index in [-0.39, 0.29) is 25.7 Å². The Morgan fingerprint density at radius 3 is 2.95 bits per heavy atom. The normalized spacial score (nSPS) is 21.1. The zero-order chi connectivity index (χ0) is 14.3. The van der Waals surface area contributed by atoms with Crippen LogP contribution >= 0.6 is 11.6 Å². The van der Waals surface area contributed by atoms with Crippen molar-refractivity contribution in [3.8, 4) is 11.5 Å². The largest absolute Gasteiger partial charge is 0.454 e. The number of imide groups is 1. The average Bonchev–Trinajstić information content (AvgIpc) is 2.82. The topological polar surface area (TPSA) is 93.9 Å². The summed E-state index contributed by atoms with van der Waals surface area (Å²) in [6, 6.07) is 2.92. The lowest BCUT2D eigenvalue weighted by atomic mass is 10.1. The molecule has 106 valence electrons. The van der Waals surface area contributed by atoms with Gasteiger partial charge in [-0.05, 0) is 17.7 Å². The van der Waals surface area contributed by atoms with Crippen molar-refractivity contribution in [2.24, 2.45) is 5.73 Å². The molecule has 2 heterocycles. The molecule has 20 heavy (non-hydrogen) atoms. The van der Waals surface area contributed by atoms with Crippen molar-refractivity contribution in [1.29, 1.82) is 0 Å². The molecule has 3 rings (SSSR count). The van der Waals surface area contributed by atoms with Crippen LogP contribution in [0.15, 0.2) is 12.1 Å². The van der Waals surface area contributed by atoms with Gasteiger partial charge in [0, 0.05) is 6.54 Å². The van der Waals surface area contributed by atoms with Crippen LogP contribution in [0.25, 0.3) is 0 Å². The van der Waals surface area contributed by atoms with E-state index in [0.717, 1.165) is 5.56 Å². The monoisotopic (exact) mass is 297 g/mol. The fourth-order valence-electron chi connectivity index (χ4n) is 2.19. The molecule has 0 saturated carbocycles. The summed E-state index contributed by atoms with van der Waals surface area (Å²) < 4.78 is 10.5. The predicted molar refractivity (Wildman–Crippen MR) is 69.2 cm³/mol. The molecule has 3 amide bonds. The first-order valence-corrected chi connectivity index (χ1v) is 6.36. The van der Waals surface area contributed by atoms with Gasteiger partial charge in [0.25, 0.3) is 0 Å². The number of amides is 3. The van der Waals surface area contributed by atoms with Gasteiger partial charge in [0.1, 0.15) is 0 Å². The van der Waals surface area contributed by atoms with Gasteiger partial charge in [-0.15, -0.1) is 0 Å². The number of hydrogen-bond acceptors (Lipinski definition) is 5. The number of nitrogens with two attached hydrogens (primary N) is 1. The molecular weight excluding hydrogens is 286 g/mol. The number of urea groups is 1. The molecule has 3 N–H and O–H groups in total. The molecule has 0 aliphatic carbocycles. The summed E-state index contributed by atoms with van der Waals surface area (Å²) in [5.74, 6) is 0.662. The Morgan fingerprint density at radius 2 is 2.20 bits per heavy atom. The zero-order valence-corrected chi connectivity index (χ0v) is 11.1. The van der Waals surface area contributed by atoms with Crippen LogP contribution in [-0.4, -0.2) is 29.8 Å². The molecule has 1 fully saturated rings. The molecule has 0 bridgehead atoms. The van der Waals surface area contributed by atoms with E-state index in [1.165, 1.54) is 4.90 Å². The Balaban J connectivity index is 1.83. The summed E-state index contributed by atoms with van der Waals surface area (Å²) >= 11 is 6.08. The summed E-state index contributed by atoms with van der Waals surface area (Å²) in [6.07, 6.45) is -0.579. The number of halogens is 1. The number of fused-ring (bicyclic) bond motifs is 1. The highest BCUT2D eigenvalue weighted by Crippen LogP contribution is 2.40. The van der Waals surface area contributed by atoms with Crippen molar-refractivity contribution < 1.29 is 19.1 Å². The van der Waals surface area contributed by atoms with E-state index < -0.39 is 12.2 Å². The number of rotatable bonds is 2. The lowest BCUT2D eigenvalue weighted by Crippen LogP contribution is -2.57. The Labute approximate surface area is 119 Å². The fraction of sp³-hybridized carbons (Fsp3) is 0.333. The van der Waals surface area contributed by atoms with Crippen molar-refractivity contribution in [3.63, 3.8) is 0 Å². The van der Waals surface area contributed by atoms with Gasteiger partial charge in [-0.25, -0.2) is 4.79 Å². The maximum atomic E-state index is 11.8. The molecule has 2 aliphatic rings. The van der Waals surface area contributed by atoms with Gasteiger partial charge in [-0.1, -0.05) is 11.6 Å². The maximum absolute atomic E-state index is 11.8. The Hall–Kier alpha value is -1.99. The molecule has 1 aromatic rings. The molecule has 0 spiro atoms. The van der Waals surface area contributed by atoms with Gasteiger partial charge >= 0.3 is 6.03 Å². The standard InChI is InChI=1S/C12H12ClN3O4/c13-7-1-6(2-8-11(7)20-5-19-8)4-16-9(14)3-10(17)15-12(16)18/h1-2,9H,3-5,14H2,(H,15,17,18). The molecule has 8 heteroatoms. The van der Waals surface area contributed by atoms with Gasteiger partial charge in [0.05, 0.1) is 17.6 Å². The number of benzene rings is 1. The highest BCUT2D eigenvalue weighted by atomic mass is 35.5. The minimum absolute atomic E-state index is 0.0734. The van der Waals surface area contributed by atoms with E-state index in [4.69, 9.17) is 26.8 Å². The number of nitrogens with one attached hydrogen (secondary N) is 1. The van der Waals surface area contributed by atoms with Crippen molar-refractivity contribution in [2.45, 2.75) is 19.1 Å². The van der Waals surface area contributed by atoms with Crippen LogP contribution in [0.5, 0.6) is 11.5 Å². The van der Waals surface area contributed by atoms with Crippen LogP contribution < -0.4 is 20.5 Å². The third-order valence-electron chi connectivity index (χ3n) is 3.14. The van der Waals surface area contributed by atoms with Crippen molar-refractivity contribution in [3.05, 3.63) is 22.7 Å². The number of carbonyl (C=O) groups is 2. The minimum Gasteiger partial charge on any atom is -0.454 e. The Morgan fingerprint density at radius 1 is 1.40 bits per heavy atom. The summed E-state index contributed by atoms with van der Waals surface area (Å²) in [7, 11) is 0. The third-order valence-corrected chi connectivity index (χ3v) is 3.42. The molecule has 2 aliphatic heterocycles. The number of hydrogen-bond donors (Lipinski definition) is 2. The van der Waals surface area contributed by atoms with E-state index in [0.29, 0.717) is 16.5 Å². The van der Waals surface area contributed by atoms with E-state index in [1.54, 1.807) is 12.1 Å². The van der Waals surface area contributed by atoms with E-state index >= 15 is 0 Å². The van der Waals surface area contributed by atoms with E-state index in [2.05, 4.69) is 5.32 Å². The minimum atomic E-state index is -0.652. The molecule has 1 aromatic carbocycles. The van der Waals surface area contributed by atoms with Gasteiger partial charge in [-0.2, -0.15) is 0 Å². The Bertz CT molecular complexity index is 592. The van der Waals surface area contributed by atoms with Crippen molar-refractivity contribution in [2.75, 3.05) is 6.79 Å². The second kappa shape index (κ2) is 4.84. The second-order valence-corrected chi connectivity index (χ2v) is 4.97. The number of ether oxygens (including phenoxy) is 2. The van der Waals surface area contributed by atoms with Gasteiger partial charge in [0.2, 0.25) is 12.7 Å². The second-order valence-electron chi connectivity index (χ2n) is 4.56. The zero-order valence-electron chi connectivity index (χ0n) is 10.4. The summed E-state index contributed by atoms with van der Waals surface area (Å²) in [5, 5.41) is 2.64. The van der Waals surface area contributed by atoms with Gasteiger partial charge in [0.15, 0.2) is 11.5 Å². The molecule has 1 unspecified atom stereocenters. The average molecular weight is 298 g/mol. The van der Waals surface area contributed by atoms with Crippen LogP contribution in [0.1, 0.15) is 12.0 Å². The first-order chi connectivity index (χ1) is 9.54. The molecule has 0 aromatic heterocycles. The molecule has 7 nitrogen and oxygen atoms in total. The van der Waals surface area contributed by atoms with Gasteiger partial charge in [-0.3, -0.25) is 10.1 Å². The lowest BCUT2D eigenvalue weighted by molar-refractivity contribution is -0.122. The smallest absolute Gasteiger partial charge is 0.325 e. The van der Waals surface area contributed by atoms with Crippen molar-refractivity contribution in [1.82, 2.24) is 10.2 Å². The Kier molecular flexibility index (Phi) is 3.15. The maximum Gasteiger partial charge on any atom is 0.325 e. The third kappa shape index (κ3) is 2.25. The highest BCUT2D eigenvalue weighted by molar-refractivity contribution is 6.32. The summed E-state index contributed by atoms with van der Waals surface area (Å²) in [5.41, 5.74) is 6.56. The molecule has 0 radical (unpaired) electrons. The fourth-order valence-corrected chi connectivity index (χ4v) is 2.48. The SMILES string of the molecule is NC1CC(=O)NC(=O)N1Cc1cc(Cl)c2c(c1)OCO2. The number of carbonyl (C=O) groups excluding carboxylic acids is 2. The molecule has 1 atom stereocenters. The lowest BCUT2D eigenvalue weighted by Gasteiger charge is -2.32. The van der Waals surface area contributed by atoms with Crippen molar-refractivity contribution >= 4 is 23.5 Å². The molecule has 1 saturated heterocycles. The van der Waals surface area contributed by atoms with Crippen LogP contribution in [0.3, 0.4) is 0 Å². The highest BCUT2D eigenvalue weighted by Gasteiger charge is 2.30. The van der Waals surface area contributed by atoms with Gasteiger partial charge < -0.3 is 20.1 Å². The summed E-state index contributed by atoms with van der Waals surface area (Å²) in [4.78, 5) is 24.3.